The van der Waals surface area contributed by atoms with Crippen molar-refractivity contribution in [3.05, 3.63) is 5.82 Å². The molecule has 0 aromatic carbocycles. The number of thioether (sulfide) groups is 1. The predicted molar refractivity (Wildman–Crippen MR) is 49.4 cm³/mol. The fourth-order valence-electron chi connectivity index (χ4n) is 0.646. The van der Waals surface area contributed by atoms with Crippen LogP contribution in [0.25, 0.3) is 0 Å². The van der Waals surface area contributed by atoms with E-state index in [0.717, 1.165) is 0 Å². The van der Waals surface area contributed by atoms with Crippen LogP contribution in [0.5, 0.6) is 0 Å². The van der Waals surface area contributed by atoms with Gasteiger partial charge in [0.2, 0.25) is 11.1 Å². The van der Waals surface area contributed by atoms with Gasteiger partial charge in [0.15, 0.2) is 0 Å². The van der Waals surface area contributed by atoms with Gasteiger partial charge in [-0.15, -0.1) is 10.2 Å². The van der Waals surface area contributed by atoms with Gasteiger partial charge in [0.1, 0.15) is 5.82 Å². The Morgan fingerprint density at radius 2 is 2.23 bits per heavy atom. The molecule has 1 heterocycles. The summed E-state index contributed by atoms with van der Waals surface area (Å²) in [5, 5.41) is 7.66. The van der Waals surface area contributed by atoms with Gasteiger partial charge < -0.3 is 11.6 Å². The molecule has 1 aromatic heterocycles. The van der Waals surface area contributed by atoms with Crippen LogP contribution in [0.3, 0.4) is 0 Å². The predicted octanol–water partition coefficient (Wildman–Crippen LogP) is -0.734. The summed E-state index contributed by atoms with van der Waals surface area (Å²) in [4.78, 5) is 10.7. The molecule has 0 saturated carbocycles. The van der Waals surface area contributed by atoms with Gasteiger partial charge in [0, 0.05) is 0 Å². The van der Waals surface area contributed by atoms with Crippen molar-refractivity contribution in [1.29, 1.82) is 0 Å². The Bertz CT molecular complexity index is 323. The average molecular weight is 201 g/mol. The Labute approximate surface area is 79.7 Å². The van der Waals surface area contributed by atoms with E-state index in [9.17, 15) is 4.79 Å². The molecule has 0 spiro atoms. The van der Waals surface area contributed by atoms with E-state index in [2.05, 4.69) is 10.2 Å². The largest absolute Gasteiger partial charge is 0.369 e. The average Bonchev–Trinajstić information content (AvgIpc) is 2.36. The maximum atomic E-state index is 10.7. The summed E-state index contributed by atoms with van der Waals surface area (Å²) in [7, 11) is 0. The van der Waals surface area contributed by atoms with Gasteiger partial charge >= 0.3 is 0 Å². The lowest BCUT2D eigenvalue weighted by atomic mass is 10.5. The molecular formula is C6H11N5OS. The Morgan fingerprint density at radius 3 is 2.62 bits per heavy atom. The van der Waals surface area contributed by atoms with Gasteiger partial charge in [-0.2, -0.15) is 0 Å². The first kappa shape index (κ1) is 9.85. The lowest BCUT2D eigenvalue weighted by Crippen LogP contribution is -2.23. The molecule has 1 amide bonds. The standard InChI is InChI=1S/C6H11N5OS/c1-3(5(7)12)13-6-10-9-4(2)11(6)8/h3H,8H2,1-2H3,(H2,7,12)/t3-/m1/s1. The van der Waals surface area contributed by atoms with E-state index in [1.807, 2.05) is 0 Å². The smallest absolute Gasteiger partial charge is 0.230 e. The second-order valence-electron chi connectivity index (χ2n) is 2.56. The van der Waals surface area contributed by atoms with Crippen LogP contribution in [0.15, 0.2) is 5.16 Å². The van der Waals surface area contributed by atoms with Gasteiger partial charge in [-0.1, -0.05) is 11.8 Å². The molecule has 1 aromatic rings. The number of aryl methyl sites for hydroxylation is 1. The van der Waals surface area contributed by atoms with Gasteiger partial charge in [-0.3, -0.25) is 4.79 Å². The minimum atomic E-state index is -0.398. The maximum absolute atomic E-state index is 10.7. The number of hydrogen-bond donors (Lipinski definition) is 2. The van der Waals surface area contributed by atoms with E-state index in [-0.39, 0.29) is 5.25 Å². The number of amides is 1. The number of nitrogens with two attached hydrogens (primary N) is 2. The summed E-state index contributed by atoms with van der Waals surface area (Å²) in [6.45, 7) is 3.42. The van der Waals surface area contributed by atoms with Gasteiger partial charge in [0.05, 0.1) is 5.25 Å². The minimum absolute atomic E-state index is 0.356. The van der Waals surface area contributed by atoms with E-state index in [0.29, 0.717) is 11.0 Å². The van der Waals surface area contributed by atoms with Crippen molar-refractivity contribution >= 4 is 17.7 Å². The summed E-state index contributed by atoms with van der Waals surface area (Å²) in [5.41, 5.74) is 5.08. The molecule has 0 unspecified atom stereocenters. The van der Waals surface area contributed by atoms with Crippen molar-refractivity contribution < 1.29 is 4.79 Å². The normalized spacial score (nSPS) is 12.8. The number of nitrogen functional groups attached to an aromatic ring is 1. The molecule has 6 nitrogen and oxygen atoms in total. The molecule has 0 aliphatic carbocycles. The molecule has 1 rings (SSSR count). The summed E-state index contributed by atoms with van der Waals surface area (Å²) < 4.78 is 1.32. The minimum Gasteiger partial charge on any atom is -0.369 e. The van der Waals surface area contributed by atoms with Crippen molar-refractivity contribution in [2.75, 3.05) is 5.84 Å². The SMILES string of the molecule is Cc1nnc(S[C@H](C)C(N)=O)n1N. The molecule has 0 aliphatic heterocycles. The van der Waals surface area contributed by atoms with Crippen LogP contribution in [-0.4, -0.2) is 26.0 Å². The zero-order valence-electron chi connectivity index (χ0n) is 7.39. The Balaban J connectivity index is 2.74. The zero-order valence-corrected chi connectivity index (χ0v) is 8.21. The highest BCUT2D eigenvalue weighted by Gasteiger charge is 2.15. The number of primary amides is 1. The van der Waals surface area contributed by atoms with E-state index >= 15 is 0 Å². The van der Waals surface area contributed by atoms with Crippen LogP contribution < -0.4 is 11.6 Å². The highest BCUT2D eigenvalue weighted by molar-refractivity contribution is 8.00. The van der Waals surface area contributed by atoms with Gasteiger partial charge in [0.25, 0.3) is 0 Å². The molecule has 0 radical (unpaired) electrons. The molecule has 72 valence electrons. The molecule has 0 saturated heterocycles. The first-order valence-corrected chi connectivity index (χ1v) is 4.53. The number of hydrogen-bond acceptors (Lipinski definition) is 5. The fraction of sp³-hybridized carbons (Fsp3) is 0.500. The van der Waals surface area contributed by atoms with Gasteiger partial charge in [-0.05, 0) is 13.8 Å². The van der Waals surface area contributed by atoms with Gasteiger partial charge in [-0.25, -0.2) is 4.68 Å². The maximum Gasteiger partial charge on any atom is 0.230 e. The molecule has 0 fully saturated rings. The molecule has 0 aliphatic rings. The summed E-state index contributed by atoms with van der Waals surface area (Å²) in [6.07, 6.45) is 0. The lowest BCUT2D eigenvalue weighted by Gasteiger charge is -2.05. The van der Waals surface area contributed by atoms with Crippen molar-refractivity contribution in [3.63, 3.8) is 0 Å². The van der Waals surface area contributed by atoms with Crippen LogP contribution in [0.1, 0.15) is 12.7 Å². The highest BCUT2D eigenvalue weighted by Crippen LogP contribution is 2.19. The van der Waals surface area contributed by atoms with E-state index < -0.39 is 5.91 Å². The topological polar surface area (TPSA) is 99.8 Å². The Hall–Kier alpha value is -1.24. The molecule has 4 N–H and O–H groups in total. The zero-order chi connectivity index (χ0) is 10.0. The monoisotopic (exact) mass is 201 g/mol. The van der Waals surface area contributed by atoms with E-state index in [4.69, 9.17) is 11.6 Å². The molecule has 1 atom stereocenters. The van der Waals surface area contributed by atoms with E-state index in [1.165, 1.54) is 16.4 Å². The summed E-state index contributed by atoms with van der Waals surface area (Å²) >= 11 is 1.19. The third-order valence-electron chi connectivity index (χ3n) is 1.52. The molecule has 13 heavy (non-hydrogen) atoms. The van der Waals surface area contributed by atoms with Crippen LogP contribution in [0, 0.1) is 6.92 Å². The van der Waals surface area contributed by atoms with Crippen molar-refractivity contribution in [2.45, 2.75) is 24.3 Å². The number of nitrogens with zero attached hydrogens (tertiary/aromatic N) is 3. The quantitative estimate of drug-likeness (QED) is 0.496. The fourth-order valence-corrected chi connectivity index (χ4v) is 1.41. The number of carbonyl (C=O) groups excluding carboxylic acids is 1. The van der Waals surface area contributed by atoms with E-state index in [1.54, 1.807) is 13.8 Å². The number of aromatic nitrogens is 3. The van der Waals surface area contributed by atoms with Crippen molar-refractivity contribution in [2.24, 2.45) is 5.73 Å². The molecular weight excluding hydrogens is 190 g/mol. The lowest BCUT2D eigenvalue weighted by molar-refractivity contribution is -0.117. The Morgan fingerprint density at radius 1 is 1.62 bits per heavy atom. The van der Waals surface area contributed by atoms with Crippen LogP contribution in [0.2, 0.25) is 0 Å². The second kappa shape index (κ2) is 3.65. The first-order chi connectivity index (χ1) is 6.02. The highest BCUT2D eigenvalue weighted by atomic mass is 32.2. The molecule has 7 heteroatoms. The number of rotatable bonds is 3. The summed E-state index contributed by atoms with van der Waals surface area (Å²) in [6, 6.07) is 0. The van der Waals surface area contributed by atoms with Crippen molar-refractivity contribution in [3.8, 4) is 0 Å². The Kier molecular flexibility index (Phi) is 2.76. The third-order valence-corrected chi connectivity index (χ3v) is 2.59. The number of carbonyl (C=O) groups is 1. The first-order valence-electron chi connectivity index (χ1n) is 3.65. The molecule has 0 bridgehead atoms. The van der Waals surface area contributed by atoms with Crippen LogP contribution >= 0.6 is 11.8 Å². The second-order valence-corrected chi connectivity index (χ2v) is 3.87. The van der Waals surface area contributed by atoms with Crippen molar-refractivity contribution in [1.82, 2.24) is 14.9 Å². The third kappa shape index (κ3) is 2.11. The summed E-state index contributed by atoms with van der Waals surface area (Å²) in [5.74, 6) is 5.77. The van der Waals surface area contributed by atoms with Crippen LogP contribution in [-0.2, 0) is 4.79 Å². The van der Waals surface area contributed by atoms with Crippen LogP contribution in [0.4, 0.5) is 0 Å².